The largest absolute Gasteiger partial charge is 0.379 e. The number of carbonyl (C=O) groups is 1. The first-order chi connectivity index (χ1) is 13.8. The number of aromatic nitrogens is 4. The summed E-state index contributed by atoms with van der Waals surface area (Å²) in [4.78, 5) is 21.6. The number of hydrogen-bond donors (Lipinski definition) is 1. The third-order valence-electron chi connectivity index (χ3n) is 5.11. The molecular weight excluding hydrogens is 366 g/mol. The van der Waals surface area contributed by atoms with E-state index in [2.05, 4.69) is 28.4 Å². The number of pyridine rings is 1. The molecule has 156 valence electrons. The zero-order valence-corrected chi connectivity index (χ0v) is 18.3. The Kier molecular flexibility index (Phi) is 6.47. The van der Waals surface area contributed by atoms with E-state index >= 15 is 0 Å². The van der Waals surface area contributed by atoms with E-state index in [-0.39, 0.29) is 12.0 Å². The second-order valence-electron chi connectivity index (χ2n) is 7.90. The fraction of sp³-hybridized carbons (Fsp3) is 0.545. The molecule has 1 amide bonds. The topological polar surface area (TPSA) is 81.4 Å². The summed E-state index contributed by atoms with van der Waals surface area (Å²) in [6, 6.07) is 2.06. The fourth-order valence-electron chi connectivity index (χ4n) is 3.67. The molecule has 3 aromatic heterocycles. The van der Waals surface area contributed by atoms with Crippen LogP contribution < -0.4 is 5.32 Å². The van der Waals surface area contributed by atoms with Crippen molar-refractivity contribution < 1.29 is 9.53 Å². The van der Waals surface area contributed by atoms with Crippen LogP contribution in [-0.4, -0.2) is 44.7 Å². The normalized spacial score (nSPS) is 11.7. The van der Waals surface area contributed by atoms with Gasteiger partial charge in [-0.05, 0) is 71.6 Å². The van der Waals surface area contributed by atoms with E-state index in [9.17, 15) is 4.79 Å². The van der Waals surface area contributed by atoms with Crippen LogP contribution in [0, 0.1) is 27.7 Å². The number of nitrogens with one attached hydrogen (secondary N) is 1. The summed E-state index contributed by atoms with van der Waals surface area (Å²) in [6.45, 7) is 13.4. The molecule has 0 aliphatic carbocycles. The molecule has 0 aliphatic heterocycles. The van der Waals surface area contributed by atoms with Crippen LogP contribution in [0.4, 0.5) is 0 Å². The van der Waals surface area contributed by atoms with Gasteiger partial charge >= 0.3 is 0 Å². The number of nitrogens with zero attached hydrogens (tertiary/aromatic N) is 4. The van der Waals surface area contributed by atoms with Gasteiger partial charge in [0.25, 0.3) is 0 Å². The zero-order chi connectivity index (χ0) is 21.1. The van der Waals surface area contributed by atoms with Gasteiger partial charge in [0.15, 0.2) is 11.3 Å². The molecule has 0 spiro atoms. The molecular formula is C22H31N5O2. The first kappa shape index (κ1) is 21.2. The number of carbonyl (C=O) groups excluding carboxylic acids is 1. The van der Waals surface area contributed by atoms with Gasteiger partial charge in [-0.3, -0.25) is 4.79 Å². The molecule has 7 nitrogen and oxygen atoms in total. The predicted octanol–water partition coefficient (Wildman–Crippen LogP) is 3.38. The van der Waals surface area contributed by atoms with Crippen molar-refractivity contribution in [2.45, 2.75) is 66.9 Å². The van der Waals surface area contributed by atoms with E-state index in [1.807, 2.05) is 39.1 Å². The standard InChI is InChI=1S/C22H31N5O2/c1-13(2)29-11-7-10-23-19(28)9-8-18-16(5)25-22-20-14(3)12-15(4)24-21(20)26-27(22)17(18)6/h12-13H,7-11H2,1-6H3,(H,23,28). The van der Waals surface area contributed by atoms with Crippen molar-refractivity contribution in [3.63, 3.8) is 0 Å². The number of fused-ring (bicyclic) bond motifs is 3. The van der Waals surface area contributed by atoms with Gasteiger partial charge < -0.3 is 10.1 Å². The molecule has 0 atom stereocenters. The maximum atomic E-state index is 12.2. The lowest BCUT2D eigenvalue weighted by molar-refractivity contribution is -0.121. The Bertz CT molecular complexity index is 1040. The van der Waals surface area contributed by atoms with Gasteiger partial charge in [0.05, 0.1) is 11.5 Å². The third kappa shape index (κ3) is 4.72. The van der Waals surface area contributed by atoms with Crippen LogP contribution in [0.15, 0.2) is 6.07 Å². The van der Waals surface area contributed by atoms with Crippen molar-refractivity contribution in [2.24, 2.45) is 0 Å². The molecule has 0 aromatic carbocycles. The second kappa shape index (κ2) is 8.86. The van der Waals surface area contributed by atoms with Crippen molar-refractivity contribution in [3.05, 3.63) is 34.3 Å². The minimum absolute atomic E-state index is 0.0483. The fourth-order valence-corrected chi connectivity index (χ4v) is 3.67. The van der Waals surface area contributed by atoms with Crippen molar-refractivity contribution in [1.82, 2.24) is 24.9 Å². The molecule has 0 saturated carbocycles. The highest BCUT2D eigenvalue weighted by Gasteiger charge is 2.17. The highest BCUT2D eigenvalue weighted by molar-refractivity contribution is 5.93. The SMILES string of the molecule is Cc1cc(C)c2c(n1)nn1c(C)c(CCC(=O)NCCCOC(C)C)c(C)nc21. The maximum absolute atomic E-state index is 12.2. The van der Waals surface area contributed by atoms with Crippen LogP contribution in [0.2, 0.25) is 0 Å². The van der Waals surface area contributed by atoms with Crippen molar-refractivity contribution in [2.75, 3.05) is 13.2 Å². The molecule has 0 bridgehead atoms. The van der Waals surface area contributed by atoms with Gasteiger partial charge in [0.2, 0.25) is 5.91 Å². The molecule has 0 fully saturated rings. The van der Waals surface area contributed by atoms with Crippen molar-refractivity contribution in [3.8, 4) is 0 Å². The highest BCUT2D eigenvalue weighted by atomic mass is 16.5. The van der Waals surface area contributed by atoms with Gasteiger partial charge in [0, 0.05) is 36.7 Å². The van der Waals surface area contributed by atoms with Crippen LogP contribution >= 0.6 is 0 Å². The first-order valence-electron chi connectivity index (χ1n) is 10.3. The minimum atomic E-state index is 0.0483. The molecule has 3 heterocycles. The summed E-state index contributed by atoms with van der Waals surface area (Å²) >= 11 is 0. The Morgan fingerprint density at radius 1 is 1.21 bits per heavy atom. The average Bonchev–Trinajstić information content (AvgIpc) is 2.99. The summed E-state index contributed by atoms with van der Waals surface area (Å²) in [5.41, 5.74) is 6.65. The molecule has 0 saturated heterocycles. The summed E-state index contributed by atoms with van der Waals surface area (Å²) in [5.74, 6) is 0.0483. The van der Waals surface area contributed by atoms with Crippen molar-refractivity contribution in [1.29, 1.82) is 0 Å². The number of ether oxygens (including phenoxy) is 1. The van der Waals surface area contributed by atoms with E-state index in [0.717, 1.165) is 51.3 Å². The van der Waals surface area contributed by atoms with E-state index in [0.29, 0.717) is 26.0 Å². The Balaban J connectivity index is 1.72. The van der Waals surface area contributed by atoms with Crippen LogP contribution in [0.5, 0.6) is 0 Å². The molecule has 0 radical (unpaired) electrons. The number of aryl methyl sites for hydroxylation is 4. The van der Waals surface area contributed by atoms with Crippen LogP contribution in [-0.2, 0) is 16.0 Å². The van der Waals surface area contributed by atoms with E-state index < -0.39 is 0 Å². The molecule has 3 rings (SSSR count). The van der Waals surface area contributed by atoms with Gasteiger partial charge in [-0.2, -0.15) is 0 Å². The number of rotatable bonds is 8. The average molecular weight is 398 g/mol. The third-order valence-corrected chi connectivity index (χ3v) is 5.11. The Morgan fingerprint density at radius 2 is 1.97 bits per heavy atom. The Morgan fingerprint density at radius 3 is 2.69 bits per heavy atom. The van der Waals surface area contributed by atoms with Gasteiger partial charge in [-0.25, -0.2) is 14.5 Å². The number of amides is 1. The molecule has 3 aromatic rings. The quantitative estimate of drug-likeness (QED) is 0.589. The molecule has 0 aliphatic rings. The van der Waals surface area contributed by atoms with Crippen LogP contribution in [0.1, 0.15) is 54.9 Å². The van der Waals surface area contributed by atoms with E-state index in [1.54, 1.807) is 0 Å². The molecule has 7 heteroatoms. The van der Waals surface area contributed by atoms with Gasteiger partial charge in [0.1, 0.15) is 0 Å². The predicted molar refractivity (Wildman–Crippen MR) is 114 cm³/mol. The second-order valence-corrected chi connectivity index (χ2v) is 7.90. The Labute approximate surface area is 171 Å². The lowest BCUT2D eigenvalue weighted by Crippen LogP contribution is -2.26. The van der Waals surface area contributed by atoms with Gasteiger partial charge in [-0.15, -0.1) is 5.10 Å². The van der Waals surface area contributed by atoms with Crippen LogP contribution in [0.25, 0.3) is 16.7 Å². The van der Waals surface area contributed by atoms with E-state index in [1.165, 1.54) is 0 Å². The lowest BCUT2D eigenvalue weighted by atomic mass is 10.1. The van der Waals surface area contributed by atoms with Crippen molar-refractivity contribution >= 4 is 22.6 Å². The Hall–Kier alpha value is -2.54. The lowest BCUT2D eigenvalue weighted by Gasteiger charge is -2.12. The molecule has 1 N–H and O–H groups in total. The number of hydrogen-bond acceptors (Lipinski definition) is 5. The summed E-state index contributed by atoms with van der Waals surface area (Å²) in [7, 11) is 0. The monoisotopic (exact) mass is 397 g/mol. The highest BCUT2D eigenvalue weighted by Crippen LogP contribution is 2.25. The summed E-state index contributed by atoms with van der Waals surface area (Å²) in [5, 5.41) is 8.64. The smallest absolute Gasteiger partial charge is 0.220 e. The van der Waals surface area contributed by atoms with Gasteiger partial charge in [-0.1, -0.05) is 0 Å². The first-order valence-corrected chi connectivity index (χ1v) is 10.3. The minimum Gasteiger partial charge on any atom is -0.379 e. The summed E-state index contributed by atoms with van der Waals surface area (Å²) in [6.07, 6.45) is 2.11. The zero-order valence-electron chi connectivity index (χ0n) is 18.3. The maximum Gasteiger partial charge on any atom is 0.220 e. The summed E-state index contributed by atoms with van der Waals surface area (Å²) < 4.78 is 7.36. The molecule has 0 unspecified atom stereocenters. The van der Waals surface area contributed by atoms with E-state index in [4.69, 9.17) is 9.72 Å². The molecule has 29 heavy (non-hydrogen) atoms. The van der Waals surface area contributed by atoms with Crippen LogP contribution in [0.3, 0.4) is 0 Å².